The lowest BCUT2D eigenvalue weighted by molar-refractivity contribution is -0.111. The molecule has 2 aromatic carbocycles. The first-order valence-electron chi connectivity index (χ1n) is 7.25. The number of methoxy groups -OCH3 is 2. The monoisotopic (exact) mass is 344 g/mol. The molecule has 0 heterocycles. The Morgan fingerprint density at radius 1 is 1.12 bits per heavy atom. The summed E-state index contributed by atoms with van der Waals surface area (Å²) in [6.07, 6.45) is 2.67. The normalized spacial score (nSPS) is 10.5. The van der Waals surface area contributed by atoms with Crippen LogP contribution in [0.2, 0.25) is 0 Å². The predicted octanol–water partition coefficient (Wildman–Crippen LogP) is 2.59. The predicted molar refractivity (Wildman–Crippen MR) is 92.1 cm³/mol. The maximum atomic E-state index is 13.1. The van der Waals surface area contributed by atoms with E-state index < -0.39 is 17.6 Å². The van der Waals surface area contributed by atoms with E-state index >= 15 is 0 Å². The zero-order valence-electron chi connectivity index (χ0n) is 13.7. The first-order valence-corrected chi connectivity index (χ1v) is 7.25. The summed E-state index contributed by atoms with van der Waals surface area (Å²) in [5.41, 5.74) is 6.12. The highest BCUT2D eigenvalue weighted by Gasteiger charge is 2.16. The van der Waals surface area contributed by atoms with Crippen molar-refractivity contribution in [3.05, 3.63) is 59.4 Å². The quantitative estimate of drug-likeness (QED) is 0.788. The first-order chi connectivity index (χ1) is 11.9. The molecule has 3 N–H and O–H groups in total. The second kappa shape index (κ2) is 7.96. The minimum absolute atomic E-state index is 0.0742. The highest BCUT2D eigenvalue weighted by atomic mass is 19.1. The molecule has 0 fully saturated rings. The number of carbonyl (C=O) groups is 2. The Hall–Kier alpha value is -3.35. The summed E-state index contributed by atoms with van der Waals surface area (Å²) in [7, 11) is 2.85. The number of nitrogens with one attached hydrogen (secondary N) is 1. The van der Waals surface area contributed by atoms with Crippen LogP contribution < -0.4 is 20.5 Å². The van der Waals surface area contributed by atoms with Crippen molar-refractivity contribution in [2.45, 2.75) is 0 Å². The molecule has 0 aliphatic carbocycles. The van der Waals surface area contributed by atoms with Crippen LogP contribution in [0.1, 0.15) is 15.9 Å². The van der Waals surface area contributed by atoms with Crippen LogP contribution in [0.25, 0.3) is 6.08 Å². The Kier molecular flexibility index (Phi) is 5.73. The van der Waals surface area contributed by atoms with Crippen molar-refractivity contribution in [1.29, 1.82) is 0 Å². The Labute approximate surface area is 144 Å². The van der Waals surface area contributed by atoms with E-state index in [-0.39, 0.29) is 11.3 Å². The van der Waals surface area contributed by atoms with Gasteiger partial charge in [0.1, 0.15) is 5.82 Å². The summed E-state index contributed by atoms with van der Waals surface area (Å²) in [5.74, 6) is -1.01. The number of benzene rings is 2. The van der Waals surface area contributed by atoms with Gasteiger partial charge in [0.15, 0.2) is 11.5 Å². The molecule has 0 radical (unpaired) electrons. The lowest BCUT2D eigenvalue weighted by Gasteiger charge is -2.13. The van der Waals surface area contributed by atoms with Gasteiger partial charge in [-0.1, -0.05) is 12.1 Å². The van der Waals surface area contributed by atoms with E-state index in [2.05, 4.69) is 5.32 Å². The summed E-state index contributed by atoms with van der Waals surface area (Å²) in [6, 6.07) is 8.60. The zero-order valence-corrected chi connectivity index (χ0v) is 13.7. The molecule has 130 valence electrons. The van der Waals surface area contributed by atoms with Crippen molar-refractivity contribution >= 4 is 23.6 Å². The molecule has 0 aliphatic heterocycles. The van der Waals surface area contributed by atoms with Gasteiger partial charge >= 0.3 is 0 Å². The largest absolute Gasteiger partial charge is 0.493 e. The number of hydrogen-bond donors (Lipinski definition) is 2. The van der Waals surface area contributed by atoms with Crippen molar-refractivity contribution in [2.75, 3.05) is 19.5 Å². The van der Waals surface area contributed by atoms with Crippen molar-refractivity contribution in [2.24, 2.45) is 5.73 Å². The molecule has 0 saturated carbocycles. The summed E-state index contributed by atoms with van der Waals surface area (Å²) in [6.45, 7) is 0. The molecule has 7 heteroatoms. The molecule has 0 spiro atoms. The first kappa shape index (κ1) is 18.0. The van der Waals surface area contributed by atoms with Gasteiger partial charge in [0.05, 0.1) is 25.5 Å². The smallest absolute Gasteiger partial charge is 0.250 e. The van der Waals surface area contributed by atoms with E-state index in [1.807, 2.05) is 0 Å². The Morgan fingerprint density at radius 3 is 2.40 bits per heavy atom. The van der Waals surface area contributed by atoms with Crippen LogP contribution in [-0.2, 0) is 4.79 Å². The topological polar surface area (TPSA) is 90.6 Å². The van der Waals surface area contributed by atoms with Gasteiger partial charge in [-0.05, 0) is 29.8 Å². The molecule has 0 unspecified atom stereocenters. The van der Waals surface area contributed by atoms with E-state index in [1.54, 1.807) is 6.07 Å². The Morgan fingerprint density at radius 2 is 1.80 bits per heavy atom. The van der Waals surface area contributed by atoms with Crippen LogP contribution in [-0.4, -0.2) is 26.0 Å². The zero-order chi connectivity index (χ0) is 18.4. The molecule has 0 aliphatic rings. The van der Waals surface area contributed by atoms with Gasteiger partial charge in [-0.3, -0.25) is 9.59 Å². The molecule has 0 atom stereocenters. The van der Waals surface area contributed by atoms with Crippen molar-refractivity contribution in [3.63, 3.8) is 0 Å². The van der Waals surface area contributed by atoms with E-state index in [4.69, 9.17) is 15.2 Å². The summed E-state index contributed by atoms with van der Waals surface area (Å²) >= 11 is 0. The number of nitrogens with two attached hydrogens (primary N) is 1. The minimum atomic E-state index is -0.731. The third kappa shape index (κ3) is 4.57. The van der Waals surface area contributed by atoms with Gasteiger partial charge in [0.2, 0.25) is 5.91 Å². The fourth-order valence-corrected chi connectivity index (χ4v) is 2.14. The lowest BCUT2D eigenvalue weighted by Crippen LogP contribution is -2.17. The van der Waals surface area contributed by atoms with Gasteiger partial charge in [-0.15, -0.1) is 0 Å². The highest BCUT2D eigenvalue weighted by Crippen LogP contribution is 2.33. The number of anilines is 1. The summed E-state index contributed by atoms with van der Waals surface area (Å²) < 4.78 is 23.4. The number of halogens is 1. The Balaban J connectivity index is 2.26. The number of carbonyl (C=O) groups excluding carboxylic acids is 2. The van der Waals surface area contributed by atoms with E-state index in [9.17, 15) is 14.0 Å². The van der Waals surface area contributed by atoms with Crippen LogP contribution in [0.15, 0.2) is 42.5 Å². The highest BCUT2D eigenvalue weighted by molar-refractivity contribution is 6.07. The molecule has 0 saturated heterocycles. The molecule has 2 rings (SSSR count). The van der Waals surface area contributed by atoms with E-state index in [0.29, 0.717) is 17.1 Å². The Bertz CT molecular complexity index is 834. The molecule has 6 nitrogen and oxygen atoms in total. The summed E-state index contributed by atoms with van der Waals surface area (Å²) in [5, 5.41) is 2.55. The number of hydrogen-bond acceptors (Lipinski definition) is 4. The van der Waals surface area contributed by atoms with Gasteiger partial charge in [0, 0.05) is 12.1 Å². The number of rotatable bonds is 6. The van der Waals surface area contributed by atoms with Crippen LogP contribution >= 0.6 is 0 Å². The van der Waals surface area contributed by atoms with Crippen molar-refractivity contribution < 1.29 is 23.5 Å². The number of primary amides is 1. The van der Waals surface area contributed by atoms with Gasteiger partial charge in [0.25, 0.3) is 5.91 Å². The van der Waals surface area contributed by atoms with Crippen LogP contribution in [0.5, 0.6) is 11.5 Å². The molecule has 2 aromatic rings. The van der Waals surface area contributed by atoms with Crippen LogP contribution in [0.4, 0.5) is 10.1 Å². The summed E-state index contributed by atoms with van der Waals surface area (Å²) in [4.78, 5) is 23.7. The maximum Gasteiger partial charge on any atom is 0.250 e. The molecule has 0 aromatic heterocycles. The number of ether oxygens (including phenoxy) is 2. The molecule has 2 amide bonds. The molecule has 25 heavy (non-hydrogen) atoms. The van der Waals surface area contributed by atoms with Gasteiger partial charge in [-0.25, -0.2) is 4.39 Å². The van der Waals surface area contributed by atoms with Crippen LogP contribution in [0.3, 0.4) is 0 Å². The SMILES string of the molecule is COc1cc(NC(=O)/C=C/c2cccc(F)c2)c(C(N)=O)cc1OC. The average Bonchev–Trinajstić information content (AvgIpc) is 2.59. The van der Waals surface area contributed by atoms with E-state index in [1.165, 1.54) is 56.7 Å². The third-order valence-electron chi connectivity index (χ3n) is 3.32. The van der Waals surface area contributed by atoms with Gasteiger partial charge in [-0.2, -0.15) is 0 Å². The standard InChI is InChI=1S/C18H17FN2O4/c1-24-15-9-13(18(20)23)14(10-16(15)25-2)21-17(22)7-6-11-4-3-5-12(19)8-11/h3-10H,1-2H3,(H2,20,23)(H,21,22)/b7-6+. The lowest BCUT2D eigenvalue weighted by atomic mass is 10.1. The average molecular weight is 344 g/mol. The van der Waals surface area contributed by atoms with Gasteiger partial charge < -0.3 is 20.5 Å². The fraction of sp³-hybridized carbons (Fsp3) is 0.111. The fourth-order valence-electron chi connectivity index (χ4n) is 2.14. The third-order valence-corrected chi connectivity index (χ3v) is 3.32. The van der Waals surface area contributed by atoms with E-state index in [0.717, 1.165) is 0 Å². The second-order valence-electron chi connectivity index (χ2n) is 4.99. The maximum absolute atomic E-state index is 13.1. The number of amides is 2. The molecular formula is C18H17FN2O4. The van der Waals surface area contributed by atoms with Crippen molar-refractivity contribution in [3.8, 4) is 11.5 Å². The van der Waals surface area contributed by atoms with Crippen molar-refractivity contribution in [1.82, 2.24) is 0 Å². The molecular weight excluding hydrogens is 327 g/mol. The minimum Gasteiger partial charge on any atom is -0.493 e. The second-order valence-corrected chi connectivity index (χ2v) is 4.99. The molecule has 0 bridgehead atoms. The van der Waals surface area contributed by atoms with Crippen LogP contribution in [0, 0.1) is 5.82 Å².